The van der Waals surface area contributed by atoms with Crippen molar-refractivity contribution in [3.05, 3.63) is 46.4 Å². The predicted octanol–water partition coefficient (Wildman–Crippen LogP) is 6.95. The second kappa shape index (κ2) is 7.08. The van der Waals surface area contributed by atoms with Crippen LogP contribution in [0.1, 0.15) is 39.7 Å². The maximum absolute atomic E-state index is 6.49. The van der Waals surface area contributed by atoms with Crippen molar-refractivity contribution < 1.29 is 4.43 Å². The Hall–Kier alpha value is -0.643. The monoisotopic (exact) mass is 392 g/mol. The normalized spacial score (nSPS) is 14.2. The van der Waals surface area contributed by atoms with Gasteiger partial charge in [0.15, 0.2) is 8.32 Å². The third-order valence-corrected chi connectivity index (χ3v) is 10.3. The van der Waals surface area contributed by atoms with Gasteiger partial charge in [0.05, 0.1) is 0 Å². The second-order valence-electron chi connectivity index (χ2n) is 7.98. The van der Waals surface area contributed by atoms with Crippen LogP contribution in [-0.2, 0) is 10.8 Å². The Morgan fingerprint density at radius 2 is 1.70 bits per heavy atom. The predicted molar refractivity (Wildman–Crippen MR) is 108 cm³/mol. The smallest absolute Gasteiger partial charge is 0.192 e. The van der Waals surface area contributed by atoms with Gasteiger partial charge < -0.3 is 4.43 Å². The average Bonchev–Trinajstić information content (AvgIpc) is 2.43. The molecule has 0 saturated carbocycles. The Balaban J connectivity index is 2.10. The number of benzene rings is 2. The molecule has 2 aromatic rings. The van der Waals surface area contributed by atoms with E-state index in [1.165, 1.54) is 20.8 Å². The largest absolute Gasteiger partial charge is 0.414 e. The highest BCUT2D eigenvalue weighted by atomic mass is 79.9. The van der Waals surface area contributed by atoms with Crippen LogP contribution in [0.2, 0.25) is 18.1 Å². The van der Waals surface area contributed by atoms with E-state index in [-0.39, 0.29) is 5.04 Å². The molecule has 1 nitrogen and oxygen atoms in total. The van der Waals surface area contributed by atoms with Gasteiger partial charge >= 0.3 is 0 Å². The minimum atomic E-state index is -1.68. The van der Waals surface area contributed by atoms with Crippen LogP contribution in [0.25, 0.3) is 10.8 Å². The van der Waals surface area contributed by atoms with Crippen molar-refractivity contribution in [2.75, 3.05) is 0 Å². The summed E-state index contributed by atoms with van der Waals surface area (Å²) in [6, 6.07) is 13.0. The number of aryl methyl sites for hydroxylation is 1. The summed E-state index contributed by atoms with van der Waals surface area (Å²) in [5, 5.41) is 2.91. The molecule has 1 atom stereocenters. The topological polar surface area (TPSA) is 9.23 Å². The molecule has 0 amide bonds. The molecule has 0 spiro atoms. The van der Waals surface area contributed by atoms with E-state index in [9.17, 15) is 0 Å². The van der Waals surface area contributed by atoms with Crippen molar-refractivity contribution in [3.8, 4) is 0 Å². The van der Waals surface area contributed by atoms with E-state index >= 15 is 0 Å². The summed E-state index contributed by atoms with van der Waals surface area (Å²) in [4.78, 5) is 0. The summed E-state index contributed by atoms with van der Waals surface area (Å²) in [5.74, 6) is 0. The molecule has 0 aromatic heterocycles. The van der Waals surface area contributed by atoms with E-state index in [1.54, 1.807) is 0 Å². The SMILES string of the molecule is C[C@H](CCc1cccc2cccc(Br)c12)O[Si](C)(C)C(C)(C)C. The molecule has 0 radical (unpaired) electrons. The molecule has 0 aliphatic carbocycles. The molecule has 0 aliphatic heterocycles. The van der Waals surface area contributed by atoms with Gasteiger partial charge in [-0.2, -0.15) is 0 Å². The van der Waals surface area contributed by atoms with Crippen LogP contribution in [-0.4, -0.2) is 14.4 Å². The summed E-state index contributed by atoms with van der Waals surface area (Å²) in [6.45, 7) is 13.8. The van der Waals surface area contributed by atoms with Crippen molar-refractivity contribution >= 4 is 35.0 Å². The first-order valence-corrected chi connectivity index (χ1v) is 12.2. The van der Waals surface area contributed by atoms with Gasteiger partial charge in [-0.15, -0.1) is 0 Å². The van der Waals surface area contributed by atoms with Gasteiger partial charge in [0, 0.05) is 10.6 Å². The molecule has 0 N–H and O–H groups in total. The molecule has 3 heteroatoms. The summed E-state index contributed by atoms with van der Waals surface area (Å²) in [7, 11) is -1.68. The first-order valence-electron chi connectivity index (χ1n) is 8.46. The van der Waals surface area contributed by atoms with Crippen LogP contribution in [0.5, 0.6) is 0 Å². The lowest BCUT2D eigenvalue weighted by Gasteiger charge is -2.38. The third-order valence-electron chi connectivity index (χ3n) is 5.06. The molecule has 126 valence electrons. The van der Waals surface area contributed by atoms with E-state index in [0.29, 0.717) is 6.10 Å². The molecule has 0 unspecified atom stereocenters. The van der Waals surface area contributed by atoms with Crippen LogP contribution >= 0.6 is 15.9 Å². The minimum Gasteiger partial charge on any atom is -0.414 e. The second-order valence-corrected chi connectivity index (χ2v) is 13.6. The summed E-state index contributed by atoms with van der Waals surface area (Å²) in [6.07, 6.45) is 2.41. The highest BCUT2D eigenvalue weighted by molar-refractivity contribution is 9.10. The molecule has 0 saturated heterocycles. The number of rotatable bonds is 5. The molecule has 2 aromatic carbocycles. The van der Waals surface area contributed by atoms with E-state index in [1.807, 2.05) is 0 Å². The Bertz CT molecular complexity index is 668. The lowest BCUT2D eigenvalue weighted by atomic mass is 10.00. The highest BCUT2D eigenvalue weighted by Crippen LogP contribution is 2.37. The zero-order valence-electron chi connectivity index (χ0n) is 15.2. The van der Waals surface area contributed by atoms with Gasteiger partial charge in [-0.1, -0.05) is 67.0 Å². The lowest BCUT2D eigenvalue weighted by Crippen LogP contribution is -2.43. The molecule has 0 heterocycles. The number of hydrogen-bond donors (Lipinski definition) is 0. The lowest BCUT2D eigenvalue weighted by molar-refractivity contribution is 0.189. The molecule has 0 aliphatic rings. The summed E-state index contributed by atoms with van der Waals surface area (Å²) in [5.41, 5.74) is 1.40. The van der Waals surface area contributed by atoms with Gasteiger partial charge in [0.25, 0.3) is 0 Å². The fourth-order valence-corrected chi connectivity index (χ4v) is 4.79. The highest BCUT2D eigenvalue weighted by Gasteiger charge is 2.38. The number of hydrogen-bond acceptors (Lipinski definition) is 1. The Morgan fingerprint density at radius 1 is 1.09 bits per heavy atom. The Labute approximate surface area is 150 Å². The van der Waals surface area contributed by atoms with Crippen LogP contribution < -0.4 is 0 Å². The van der Waals surface area contributed by atoms with Crippen molar-refractivity contribution in [1.29, 1.82) is 0 Å². The first kappa shape index (κ1) is 18.7. The van der Waals surface area contributed by atoms with Gasteiger partial charge in [-0.05, 0) is 60.3 Å². The fraction of sp³-hybridized carbons (Fsp3) is 0.500. The van der Waals surface area contributed by atoms with Crippen molar-refractivity contribution in [1.82, 2.24) is 0 Å². The van der Waals surface area contributed by atoms with E-state index < -0.39 is 8.32 Å². The van der Waals surface area contributed by atoms with Crippen molar-refractivity contribution in [2.24, 2.45) is 0 Å². The molecule has 2 rings (SSSR count). The first-order chi connectivity index (χ1) is 10.6. The maximum Gasteiger partial charge on any atom is 0.192 e. The quantitative estimate of drug-likeness (QED) is 0.500. The van der Waals surface area contributed by atoms with Gasteiger partial charge in [0.1, 0.15) is 0 Å². The molecule has 0 fully saturated rings. The van der Waals surface area contributed by atoms with Crippen LogP contribution in [0.15, 0.2) is 40.9 Å². The van der Waals surface area contributed by atoms with Crippen LogP contribution in [0.3, 0.4) is 0 Å². The third kappa shape index (κ3) is 4.46. The molecule has 0 bridgehead atoms. The maximum atomic E-state index is 6.49. The molecule has 23 heavy (non-hydrogen) atoms. The number of halogens is 1. The average molecular weight is 393 g/mol. The van der Waals surface area contributed by atoms with Crippen molar-refractivity contribution in [3.63, 3.8) is 0 Å². The van der Waals surface area contributed by atoms with Crippen molar-refractivity contribution in [2.45, 2.75) is 64.8 Å². The van der Waals surface area contributed by atoms with E-state index in [4.69, 9.17) is 4.43 Å². The molecular weight excluding hydrogens is 364 g/mol. The fourth-order valence-electron chi connectivity index (χ4n) is 2.68. The summed E-state index contributed by atoms with van der Waals surface area (Å²) < 4.78 is 7.68. The standard InChI is InChI=1S/C20H29BrOSi/c1-15(22-23(5,6)20(2,3)4)13-14-17-10-7-9-16-11-8-12-18(21)19(16)17/h7-12,15H,13-14H2,1-6H3/t15-/m1/s1. The van der Waals surface area contributed by atoms with Gasteiger partial charge in [0.2, 0.25) is 0 Å². The van der Waals surface area contributed by atoms with Crippen LogP contribution in [0.4, 0.5) is 0 Å². The van der Waals surface area contributed by atoms with E-state index in [0.717, 1.165) is 12.8 Å². The van der Waals surface area contributed by atoms with Gasteiger partial charge in [-0.3, -0.25) is 0 Å². The Morgan fingerprint density at radius 3 is 2.30 bits per heavy atom. The zero-order valence-corrected chi connectivity index (χ0v) is 17.8. The van der Waals surface area contributed by atoms with E-state index in [2.05, 4.69) is 93.1 Å². The van der Waals surface area contributed by atoms with Gasteiger partial charge in [-0.25, -0.2) is 0 Å². The zero-order chi connectivity index (χ0) is 17.3. The van der Waals surface area contributed by atoms with Crippen LogP contribution in [0, 0.1) is 0 Å². The Kier molecular flexibility index (Phi) is 5.75. The number of fused-ring (bicyclic) bond motifs is 1. The minimum absolute atomic E-state index is 0.268. The summed E-state index contributed by atoms with van der Waals surface area (Å²) >= 11 is 3.71. The molecular formula is C20H29BrOSi.